The van der Waals surface area contributed by atoms with E-state index in [0.29, 0.717) is 21.0 Å². The first-order valence-corrected chi connectivity index (χ1v) is 11.6. The summed E-state index contributed by atoms with van der Waals surface area (Å²) in [6.07, 6.45) is 6.15. The van der Waals surface area contributed by atoms with Crippen molar-refractivity contribution >= 4 is 43.0 Å². The van der Waals surface area contributed by atoms with Gasteiger partial charge in [0.15, 0.2) is 11.7 Å². The number of sulfonamides is 1. The van der Waals surface area contributed by atoms with Crippen LogP contribution in [0.3, 0.4) is 0 Å². The van der Waals surface area contributed by atoms with Gasteiger partial charge in [-0.3, -0.25) is 4.72 Å². The fourth-order valence-corrected chi connectivity index (χ4v) is 5.78. The highest BCUT2D eigenvalue weighted by Crippen LogP contribution is 2.37. The average molecular weight is 471 g/mol. The van der Waals surface area contributed by atoms with Crippen molar-refractivity contribution in [2.24, 2.45) is 0 Å². The second-order valence-corrected chi connectivity index (χ2v) is 10.3. The van der Waals surface area contributed by atoms with Crippen molar-refractivity contribution in [2.45, 2.75) is 35.8 Å². The van der Waals surface area contributed by atoms with E-state index in [1.807, 2.05) is 0 Å². The normalized spacial score (nSPS) is 15.3. The van der Waals surface area contributed by atoms with E-state index in [2.05, 4.69) is 25.6 Å². The summed E-state index contributed by atoms with van der Waals surface area (Å²) < 4.78 is 47.8. The van der Waals surface area contributed by atoms with E-state index in [9.17, 15) is 12.8 Å². The Balaban J connectivity index is 1.56. The largest absolute Gasteiger partial charge is 0.440 e. The van der Waals surface area contributed by atoms with Gasteiger partial charge in [0.2, 0.25) is 0 Å². The van der Waals surface area contributed by atoms with Gasteiger partial charge in [-0.2, -0.15) is 0 Å². The van der Waals surface area contributed by atoms with Crippen LogP contribution in [0, 0.1) is 5.82 Å². The van der Waals surface area contributed by atoms with Gasteiger partial charge < -0.3 is 4.42 Å². The maximum Gasteiger partial charge on any atom is 0.271 e. The fourth-order valence-electron chi connectivity index (χ4n) is 3.13. The Labute approximate surface area is 168 Å². The predicted molar refractivity (Wildman–Crippen MR) is 106 cm³/mol. The van der Waals surface area contributed by atoms with E-state index < -0.39 is 15.8 Å². The highest BCUT2D eigenvalue weighted by molar-refractivity contribution is 9.10. The highest BCUT2D eigenvalue weighted by atomic mass is 79.9. The van der Waals surface area contributed by atoms with Crippen LogP contribution in [-0.2, 0) is 10.0 Å². The lowest BCUT2D eigenvalue weighted by Crippen LogP contribution is -2.12. The van der Waals surface area contributed by atoms with Gasteiger partial charge in [0.05, 0.1) is 16.8 Å². The molecule has 0 amide bonds. The fraction of sp³-hybridized carbons (Fsp3) is 0.278. The molecule has 2 heterocycles. The van der Waals surface area contributed by atoms with Gasteiger partial charge in [0, 0.05) is 10.4 Å². The number of nitrogens with one attached hydrogen (secondary N) is 1. The van der Waals surface area contributed by atoms with Crippen LogP contribution >= 0.6 is 27.3 Å². The Hall–Kier alpha value is -1.71. The number of halogens is 2. The molecule has 0 radical (unpaired) electrons. The van der Waals surface area contributed by atoms with E-state index in [1.165, 1.54) is 31.0 Å². The van der Waals surface area contributed by atoms with Gasteiger partial charge in [-0.1, -0.05) is 28.8 Å². The van der Waals surface area contributed by atoms with Crippen molar-refractivity contribution in [2.75, 3.05) is 4.72 Å². The number of oxazole rings is 1. The molecular weight excluding hydrogens is 455 g/mol. The lowest BCUT2D eigenvalue weighted by molar-refractivity contribution is 0.458. The third kappa shape index (κ3) is 3.95. The smallest absolute Gasteiger partial charge is 0.271 e. The molecule has 1 saturated carbocycles. The highest BCUT2D eigenvalue weighted by Gasteiger charge is 2.24. The standard InChI is InChI=1S/C18H16BrFN2O3S2/c19-12-5-6-14(13(20)9-12)22-27(23,24)17-8-7-16(26-17)15-10-21-18(25-15)11-3-1-2-4-11/h5-11,22H,1-4H2. The zero-order valence-corrected chi connectivity index (χ0v) is 17.3. The minimum Gasteiger partial charge on any atom is -0.440 e. The molecule has 1 fully saturated rings. The minimum atomic E-state index is -3.89. The molecule has 5 nitrogen and oxygen atoms in total. The van der Waals surface area contributed by atoms with E-state index in [1.54, 1.807) is 18.3 Å². The SMILES string of the molecule is O=S(=O)(Nc1ccc(Br)cc1F)c1ccc(-c2cnc(C3CCCC3)o2)s1. The van der Waals surface area contributed by atoms with E-state index in [4.69, 9.17) is 4.42 Å². The third-order valence-corrected chi connectivity index (χ3v) is 7.94. The molecule has 4 rings (SSSR count). The second-order valence-electron chi connectivity index (χ2n) is 6.39. The monoisotopic (exact) mass is 470 g/mol. The molecule has 0 atom stereocenters. The van der Waals surface area contributed by atoms with Crippen LogP contribution < -0.4 is 4.72 Å². The maximum absolute atomic E-state index is 13.9. The summed E-state index contributed by atoms with van der Waals surface area (Å²) in [7, 11) is -3.89. The van der Waals surface area contributed by atoms with E-state index in [-0.39, 0.29) is 9.90 Å². The van der Waals surface area contributed by atoms with Gasteiger partial charge in [-0.05, 0) is 43.2 Å². The molecule has 1 aliphatic rings. The number of rotatable bonds is 5. The number of nitrogens with zero attached hydrogens (tertiary/aromatic N) is 1. The summed E-state index contributed by atoms with van der Waals surface area (Å²) in [6.45, 7) is 0. The molecule has 3 aromatic rings. The van der Waals surface area contributed by atoms with Crippen molar-refractivity contribution in [3.8, 4) is 10.6 Å². The van der Waals surface area contributed by atoms with Crippen LogP contribution in [0.25, 0.3) is 10.6 Å². The Morgan fingerprint density at radius 3 is 2.74 bits per heavy atom. The zero-order valence-electron chi connectivity index (χ0n) is 14.1. The van der Waals surface area contributed by atoms with Crippen LogP contribution in [0.1, 0.15) is 37.5 Å². The Kier molecular flexibility index (Phi) is 5.09. The summed E-state index contributed by atoms with van der Waals surface area (Å²) in [4.78, 5) is 5.02. The van der Waals surface area contributed by atoms with Crippen LogP contribution in [0.4, 0.5) is 10.1 Å². The quantitative estimate of drug-likeness (QED) is 0.514. The van der Waals surface area contributed by atoms with Gasteiger partial charge in [0.1, 0.15) is 10.0 Å². The van der Waals surface area contributed by atoms with Gasteiger partial charge in [-0.15, -0.1) is 11.3 Å². The summed E-state index contributed by atoms with van der Waals surface area (Å²) in [6, 6.07) is 7.30. The first-order chi connectivity index (χ1) is 12.9. The van der Waals surface area contributed by atoms with Crippen molar-refractivity contribution < 1.29 is 17.2 Å². The lowest BCUT2D eigenvalue weighted by atomic mass is 10.1. The molecule has 2 aromatic heterocycles. The van der Waals surface area contributed by atoms with E-state index in [0.717, 1.165) is 30.1 Å². The summed E-state index contributed by atoms with van der Waals surface area (Å²) >= 11 is 4.21. The van der Waals surface area contributed by atoms with Crippen LogP contribution in [0.2, 0.25) is 0 Å². The summed E-state index contributed by atoms with van der Waals surface area (Å²) in [5, 5.41) is 0. The van der Waals surface area contributed by atoms with Crippen molar-refractivity contribution in [1.29, 1.82) is 0 Å². The molecule has 1 aromatic carbocycles. The number of thiophene rings is 1. The molecular formula is C18H16BrFN2O3S2. The first-order valence-electron chi connectivity index (χ1n) is 8.46. The number of hydrogen-bond donors (Lipinski definition) is 1. The minimum absolute atomic E-state index is 0.0821. The molecule has 142 valence electrons. The maximum atomic E-state index is 13.9. The Morgan fingerprint density at radius 2 is 2.00 bits per heavy atom. The predicted octanol–water partition coefficient (Wildman–Crippen LogP) is 5.76. The molecule has 9 heteroatoms. The average Bonchev–Trinajstić information content (AvgIpc) is 3.37. The molecule has 1 N–H and O–H groups in total. The topological polar surface area (TPSA) is 72.2 Å². The van der Waals surface area contributed by atoms with Crippen molar-refractivity contribution in [3.63, 3.8) is 0 Å². The number of anilines is 1. The molecule has 0 unspecified atom stereocenters. The molecule has 0 saturated heterocycles. The van der Waals surface area contributed by atoms with E-state index >= 15 is 0 Å². The number of aromatic nitrogens is 1. The van der Waals surface area contributed by atoms with Gasteiger partial charge in [0.25, 0.3) is 10.0 Å². The number of hydrogen-bond acceptors (Lipinski definition) is 5. The summed E-state index contributed by atoms with van der Waals surface area (Å²) in [5.74, 6) is 0.971. The van der Waals surface area contributed by atoms with Crippen LogP contribution in [0.15, 0.2) is 49.6 Å². The van der Waals surface area contributed by atoms with Gasteiger partial charge in [-0.25, -0.2) is 17.8 Å². The Bertz CT molecular complexity index is 1070. The first kappa shape index (κ1) is 18.6. The van der Waals surface area contributed by atoms with Crippen molar-refractivity contribution in [1.82, 2.24) is 4.98 Å². The van der Waals surface area contributed by atoms with Crippen LogP contribution in [0.5, 0.6) is 0 Å². The molecule has 27 heavy (non-hydrogen) atoms. The Morgan fingerprint density at radius 1 is 1.22 bits per heavy atom. The zero-order chi connectivity index (χ0) is 19.0. The van der Waals surface area contributed by atoms with Gasteiger partial charge >= 0.3 is 0 Å². The molecule has 0 aliphatic heterocycles. The second kappa shape index (κ2) is 7.37. The molecule has 0 bridgehead atoms. The lowest BCUT2D eigenvalue weighted by Gasteiger charge is -2.07. The molecule has 0 spiro atoms. The molecule has 1 aliphatic carbocycles. The summed E-state index contributed by atoms with van der Waals surface area (Å²) in [5.41, 5.74) is -0.101. The van der Waals surface area contributed by atoms with Crippen LogP contribution in [-0.4, -0.2) is 13.4 Å². The number of benzene rings is 1. The van der Waals surface area contributed by atoms with Crippen molar-refractivity contribution in [3.05, 3.63) is 52.7 Å². The third-order valence-electron chi connectivity index (χ3n) is 4.49.